The Kier molecular flexibility index (Phi) is 4.62. The molecule has 8 nitrogen and oxygen atoms in total. The van der Waals surface area contributed by atoms with Crippen molar-refractivity contribution < 1.29 is 17.5 Å². The van der Waals surface area contributed by atoms with E-state index in [2.05, 4.69) is 10.00 Å². The number of rotatable bonds is 1. The number of hydrogen-bond acceptors (Lipinski definition) is 6. The maximum atomic E-state index is 14.1. The molecule has 2 aliphatic rings. The van der Waals surface area contributed by atoms with Crippen molar-refractivity contribution in [2.75, 3.05) is 30.9 Å². The molecule has 1 saturated heterocycles. The molecular weight excluding hydrogens is 409 g/mol. The molecule has 10 heteroatoms. The van der Waals surface area contributed by atoms with Gasteiger partial charge in [-0.3, -0.25) is 0 Å². The van der Waals surface area contributed by atoms with Gasteiger partial charge in [0.05, 0.1) is 18.5 Å². The summed E-state index contributed by atoms with van der Waals surface area (Å²) < 4.78 is 47.8. The van der Waals surface area contributed by atoms with Crippen LogP contribution >= 0.6 is 0 Å². The highest BCUT2D eigenvalue weighted by atomic mass is 32.2. The van der Waals surface area contributed by atoms with Crippen LogP contribution < -0.4 is 9.64 Å². The molecule has 30 heavy (non-hydrogen) atoms. The molecule has 2 aromatic heterocycles. The molecule has 4 heterocycles. The summed E-state index contributed by atoms with van der Waals surface area (Å²) in [6.45, 7) is 1.28. The minimum absolute atomic E-state index is 0.0659. The van der Waals surface area contributed by atoms with Gasteiger partial charge in [0.15, 0.2) is 5.65 Å². The smallest absolute Gasteiger partial charge is 0.211 e. The van der Waals surface area contributed by atoms with Crippen molar-refractivity contribution in [1.82, 2.24) is 18.9 Å². The van der Waals surface area contributed by atoms with Crippen molar-refractivity contribution in [3.05, 3.63) is 53.6 Å². The highest BCUT2D eigenvalue weighted by molar-refractivity contribution is 7.88. The highest BCUT2D eigenvalue weighted by Crippen LogP contribution is 2.40. The molecule has 3 aromatic rings. The van der Waals surface area contributed by atoms with Gasteiger partial charge < -0.3 is 9.64 Å². The van der Waals surface area contributed by atoms with Gasteiger partial charge >= 0.3 is 0 Å². The first kappa shape index (κ1) is 19.3. The van der Waals surface area contributed by atoms with Crippen LogP contribution in [-0.2, 0) is 16.6 Å². The van der Waals surface area contributed by atoms with Gasteiger partial charge in [-0.15, -0.1) is 0 Å². The maximum Gasteiger partial charge on any atom is 0.211 e. The van der Waals surface area contributed by atoms with Crippen molar-refractivity contribution in [1.29, 1.82) is 0 Å². The molecule has 2 bridgehead atoms. The van der Waals surface area contributed by atoms with Gasteiger partial charge in [-0.25, -0.2) is 22.3 Å². The summed E-state index contributed by atoms with van der Waals surface area (Å²) in [4.78, 5) is 6.96. The number of hydrogen-bond donors (Lipinski definition) is 0. The summed E-state index contributed by atoms with van der Waals surface area (Å²) in [5.41, 5.74) is 2.10. The number of anilines is 1. The molecule has 1 fully saturated rings. The number of fused-ring (bicyclic) bond motifs is 5. The Hall–Kier alpha value is -2.72. The molecule has 2 aliphatic heterocycles. The summed E-state index contributed by atoms with van der Waals surface area (Å²) in [6, 6.07) is 6.32. The van der Waals surface area contributed by atoms with Crippen molar-refractivity contribution in [2.45, 2.75) is 25.4 Å². The maximum absolute atomic E-state index is 14.1. The molecule has 0 amide bonds. The summed E-state index contributed by atoms with van der Waals surface area (Å²) in [5.74, 6) is 1.00. The fourth-order valence-corrected chi connectivity index (χ4v) is 5.04. The molecular formula is C20H22FN5O3S. The molecule has 158 valence electrons. The van der Waals surface area contributed by atoms with E-state index >= 15 is 0 Å². The van der Waals surface area contributed by atoms with Crippen LogP contribution in [-0.4, -0.2) is 53.3 Å². The zero-order chi connectivity index (χ0) is 20.9. The monoisotopic (exact) mass is 431 g/mol. The molecule has 1 aromatic carbocycles. The summed E-state index contributed by atoms with van der Waals surface area (Å²) in [7, 11) is -3.47. The lowest BCUT2D eigenvalue weighted by Gasteiger charge is -2.27. The van der Waals surface area contributed by atoms with E-state index in [9.17, 15) is 12.8 Å². The SMILES string of the molecule is CS(=O)(=O)N1CCOc2ccc(F)cc2[C@H]2CCCN2c2ccn3ncc(c3n2)C1. The van der Waals surface area contributed by atoms with Gasteiger partial charge in [0.2, 0.25) is 10.0 Å². The number of halogens is 1. The third-order valence-electron chi connectivity index (χ3n) is 5.72. The van der Waals surface area contributed by atoms with Crippen LogP contribution in [0.3, 0.4) is 0 Å². The summed E-state index contributed by atoms with van der Waals surface area (Å²) in [5, 5.41) is 4.32. The fraction of sp³-hybridized carbons (Fsp3) is 0.400. The van der Waals surface area contributed by atoms with Crippen LogP contribution in [0.2, 0.25) is 0 Å². The zero-order valence-corrected chi connectivity index (χ0v) is 17.3. The molecule has 0 radical (unpaired) electrons. The van der Waals surface area contributed by atoms with E-state index in [1.165, 1.54) is 22.7 Å². The van der Waals surface area contributed by atoms with Gasteiger partial charge in [0, 0.05) is 37.0 Å². The first-order valence-electron chi connectivity index (χ1n) is 9.87. The van der Waals surface area contributed by atoms with E-state index in [1.54, 1.807) is 16.8 Å². The highest BCUT2D eigenvalue weighted by Gasteiger charge is 2.31. The van der Waals surface area contributed by atoms with Gasteiger partial charge in [-0.05, 0) is 37.1 Å². The molecule has 1 atom stereocenters. The van der Waals surface area contributed by atoms with E-state index in [0.717, 1.165) is 36.3 Å². The predicted molar refractivity (Wildman–Crippen MR) is 109 cm³/mol. The summed E-state index contributed by atoms with van der Waals surface area (Å²) >= 11 is 0. The van der Waals surface area contributed by atoms with Crippen LogP contribution in [0.25, 0.3) is 5.65 Å². The zero-order valence-electron chi connectivity index (χ0n) is 16.5. The van der Waals surface area contributed by atoms with Crippen LogP contribution in [0.1, 0.15) is 30.0 Å². The van der Waals surface area contributed by atoms with Crippen molar-refractivity contribution in [3.8, 4) is 5.75 Å². The number of aromatic nitrogens is 3. The van der Waals surface area contributed by atoms with E-state index in [-0.39, 0.29) is 31.6 Å². The first-order valence-corrected chi connectivity index (χ1v) is 11.7. The normalized spacial score (nSPS) is 20.2. The van der Waals surface area contributed by atoms with Gasteiger partial charge in [0.25, 0.3) is 0 Å². The van der Waals surface area contributed by atoms with E-state index in [0.29, 0.717) is 11.4 Å². The average Bonchev–Trinajstić information content (AvgIpc) is 3.33. The number of ether oxygens (including phenoxy) is 1. The average molecular weight is 431 g/mol. The lowest BCUT2D eigenvalue weighted by Crippen LogP contribution is -2.33. The molecule has 0 spiro atoms. The third-order valence-corrected chi connectivity index (χ3v) is 6.97. The second-order valence-electron chi connectivity index (χ2n) is 7.70. The van der Waals surface area contributed by atoms with E-state index in [1.807, 2.05) is 12.3 Å². The lowest BCUT2D eigenvalue weighted by atomic mass is 10.0. The van der Waals surface area contributed by atoms with Gasteiger partial charge in [-0.2, -0.15) is 9.40 Å². The molecule has 0 N–H and O–H groups in total. The Labute approximate surface area is 173 Å². The molecule has 0 unspecified atom stereocenters. The standard InChI is InChI=1S/C20H22FN5O3S/c1-30(27,28)24-9-10-29-18-5-4-15(21)11-16(18)17-3-2-7-25(17)19-6-8-26-20(23-19)14(13-24)12-22-26/h4-6,8,11-12,17H,2-3,7,9-10,13H2,1H3/t17-/m1/s1. The first-order chi connectivity index (χ1) is 14.4. The van der Waals surface area contributed by atoms with Crippen LogP contribution in [0.15, 0.2) is 36.7 Å². The Morgan fingerprint density at radius 2 is 2.10 bits per heavy atom. The third kappa shape index (κ3) is 3.39. The molecule has 0 aliphatic carbocycles. The topological polar surface area (TPSA) is 80.0 Å². The van der Waals surface area contributed by atoms with Gasteiger partial charge in [0.1, 0.15) is 24.0 Å². The Balaban J connectivity index is 1.67. The number of nitrogens with zero attached hydrogens (tertiary/aromatic N) is 5. The number of benzene rings is 1. The molecule has 5 rings (SSSR count). The van der Waals surface area contributed by atoms with Crippen molar-refractivity contribution in [3.63, 3.8) is 0 Å². The van der Waals surface area contributed by atoms with E-state index in [4.69, 9.17) is 9.72 Å². The molecule has 0 saturated carbocycles. The largest absolute Gasteiger partial charge is 0.492 e. The Bertz CT molecular complexity index is 1210. The quantitative estimate of drug-likeness (QED) is 0.589. The lowest BCUT2D eigenvalue weighted by molar-refractivity contribution is 0.267. The van der Waals surface area contributed by atoms with E-state index < -0.39 is 10.0 Å². The Morgan fingerprint density at radius 1 is 1.23 bits per heavy atom. The minimum Gasteiger partial charge on any atom is -0.492 e. The second kappa shape index (κ2) is 7.21. The van der Waals surface area contributed by atoms with Crippen molar-refractivity contribution >= 4 is 21.5 Å². The number of sulfonamides is 1. The second-order valence-corrected chi connectivity index (χ2v) is 9.68. The van der Waals surface area contributed by atoms with Crippen LogP contribution in [0, 0.1) is 5.82 Å². The fourth-order valence-electron chi connectivity index (χ4n) is 4.26. The van der Waals surface area contributed by atoms with Gasteiger partial charge in [-0.1, -0.05) is 0 Å². The minimum atomic E-state index is -3.47. The van der Waals surface area contributed by atoms with Crippen molar-refractivity contribution in [2.24, 2.45) is 0 Å². The van der Waals surface area contributed by atoms with Crippen LogP contribution in [0.5, 0.6) is 5.75 Å². The predicted octanol–water partition coefficient (Wildman–Crippen LogP) is 2.36. The summed E-state index contributed by atoms with van der Waals surface area (Å²) in [6.07, 6.45) is 6.46. The Morgan fingerprint density at radius 3 is 2.93 bits per heavy atom. The van der Waals surface area contributed by atoms with Crippen LogP contribution in [0.4, 0.5) is 10.2 Å².